The van der Waals surface area contributed by atoms with Crippen molar-refractivity contribution in [2.24, 2.45) is 0 Å². The van der Waals surface area contributed by atoms with Gasteiger partial charge >= 0.3 is 5.97 Å². The monoisotopic (exact) mass is 402 g/mol. The van der Waals surface area contributed by atoms with Crippen LogP contribution >= 0.6 is 0 Å². The zero-order chi connectivity index (χ0) is 20.5. The third-order valence-corrected chi connectivity index (χ3v) is 5.54. The number of ether oxygens (including phenoxy) is 1. The predicted octanol–water partition coefficient (Wildman–Crippen LogP) is 4.24. The zero-order valence-corrected chi connectivity index (χ0v) is 16.7. The fraction of sp³-hybridized carbons (Fsp3) is 0.273. The number of hydrogen-bond acceptors (Lipinski definition) is 6. The minimum Gasteiger partial charge on any atom is -0.465 e. The van der Waals surface area contributed by atoms with Crippen LogP contribution in [0.4, 0.5) is 11.6 Å². The van der Waals surface area contributed by atoms with Gasteiger partial charge in [0.1, 0.15) is 0 Å². The van der Waals surface area contributed by atoms with E-state index in [0.717, 1.165) is 22.5 Å². The van der Waals surface area contributed by atoms with E-state index in [0.29, 0.717) is 17.6 Å². The average Bonchev–Trinajstić information content (AvgIpc) is 3.53. The molecule has 0 spiro atoms. The van der Waals surface area contributed by atoms with Gasteiger partial charge in [0.15, 0.2) is 5.65 Å². The quantitative estimate of drug-likeness (QED) is 0.503. The molecule has 0 aliphatic heterocycles. The van der Waals surface area contributed by atoms with Crippen LogP contribution in [0.2, 0.25) is 0 Å². The smallest absolute Gasteiger partial charge is 0.337 e. The molecule has 1 aliphatic carbocycles. The summed E-state index contributed by atoms with van der Waals surface area (Å²) in [5.74, 6) is 0.117. The van der Waals surface area contributed by atoms with Crippen molar-refractivity contribution < 1.29 is 9.53 Å². The van der Waals surface area contributed by atoms with Gasteiger partial charge in [0.25, 0.3) is 0 Å². The molecule has 0 amide bonds. The van der Waals surface area contributed by atoms with E-state index in [4.69, 9.17) is 4.74 Å². The molecule has 1 saturated carbocycles. The number of anilines is 2. The van der Waals surface area contributed by atoms with E-state index >= 15 is 0 Å². The first-order valence-corrected chi connectivity index (χ1v) is 10.1. The summed E-state index contributed by atoms with van der Waals surface area (Å²) >= 11 is 0. The van der Waals surface area contributed by atoms with Gasteiger partial charge in [-0.1, -0.05) is 12.8 Å². The molecule has 0 saturated heterocycles. The third kappa shape index (κ3) is 3.41. The number of fused-ring (bicyclic) bond motifs is 1. The van der Waals surface area contributed by atoms with E-state index in [2.05, 4.69) is 31.4 Å². The SMILES string of the molecule is COC(=O)c1ccc(Nc2nc3c(-c4cnn(C5CCCC5)c4)cccn3n2)cc1. The van der Waals surface area contributed by atoms with Gasteiger partial charge in [-0.3, -0.25) is 4.68 Å². The number of methoxy groups -OCH3 is 1. The molecule has 8 nitrogen and oxygen atoms in total. The molecule has 1 fully saturated rings. The number of hydrogen-bond donors (Lipinski definition) is 1. The lowest BCUT2D eigenvalue weighted by Gasteiger charge is -2.08. The molecule has 0 unspecified atom stereocenters. The lowest BCUT2D eigenvalue weighted by molar-refractivity contribution is 0.0601. The van der Waals surface area contributed by atoms with Gasteiger partial charge in [-0.05, 0) is 49.2 Å². The molecule has 3 aromatic heterocycles. The van der Waals surface area contributed by atoms with E-state index < -0.39 is 0 Å². The Hall–Kier alpha value is -3.68. The molecular formula is C22H22N6O2. The van der Waals surface area contributed by atoms with Gasteiger partial charge in [-0.15, -0.1) is 5.10 Å². The van der Waals surface area contributed by atoms with Gasteiger partial charge in [-0.25, -0.2) is 9.31 Å². The van der Waals surface area contributed by atoms with Crippen molar-refractivity contribution in [2.75, 3.05) is 12.4 Å². The number of benzene rings is 1. The number of nitrogens with zero attached hydrogens (tertiary/aromatic N) is 5. The van der Waals surface area contributed by atoms with Gasteiger partial charge < -0.3 is 10.1 Å². The standard InChI is InChI=1S/C22H22N6O2/c1-30-21(29)15-8-10-17(11-9-15)24-22-25-20-19(7-4-12-27(20)26-22)16-13-23-28(14-16)18-5-2-3-6-18/h4,7-14,18H,2-3,5-6H2,1H3,(H,24,26). The maximum Gasteiger partial charge on any atom is 0.337 e. The second-order valence-corrected chi connectivity index (χ2v) is 7.47. The summed E-state index contributed by atoms with van der Waals surface area (Å²) in [4.78, 5) is 16.3. The highest BCUT2D eigenvalue weighted by atomic mass is 16.5. The van der Waals surface area contributed by atoms with Crippen LogP contribution in [0, 0.1) is 0 Å². The second-order valence-electron chi connectivity index (χ2n) is 7.47. The summed E-state index contributed by atoms with van der Waals surface area (Å²) in [6.45, 7) is 0. The van der Waals surface area contributed by atoms with E-state index in [1.807, 2.05) is 24.5 Å². The molecule has 0 radical (unpaired) electrons. The number of rotatable bonds is 5. The Kier molecular flexibility index (Phi) is 4.66. The molecule has 1 aliphatic rings. The van der Waals surface area contributed by atoms with Gasteiger partial charge in [-0.2, -0.15) is 10.1 Å². The highest BCUT2D eigenvalue weighted by Crippen LogP contribution is 2.31. The van der Waals surface area contributed by atoms with Crippen molar-refractivity contribution in [3.63, 3.8) is 0 Å². The molecule has 0 atom stereocenters. The fourth-order valence-electron chi connectivity index (χ4n) is 3.97. The van der Waals surface area contributed by atoms with Crippen molar-refractivity contribution in [2.45, 2.75) is 31.7 Å². The topological polar surface area (TPSA) is 86.3 Å². The van der Waals surface area contributed by atoms with E-state index in [1.54, 1.807) is 28.8 Å². The first-order chi connectivity index (χ1) is 14.7. The van der Waals surface area contributed by atoms with Crippen LogP contribution in [0.3, 0.4) is 0 Å². The number of esters is 1. The lowest BCUT2D eigenvalue weighted by Crippen LogP contribution is -2.04. The summed E-state index contributed by atoms with van der Waals surface area (Å²) < 4.78 is 8.57. The molecule has 30 heavy (non-hydrogen) atoms. The Balaban J connectivity index is 1.42. The van der Waals surface area contributed by atoms with Crippen molar-refractivity contribution >= 4 is 23.3 Å². The van der Waals surface area contributed by atoms with Crippen LogP contribution in [0.1, 0.15) is 42.1 Å². The summed E-state index contributed by atoms with van der Waals surface area (Å²) in [5.41, 5.74) is 4.07. The largest absolute Gasteiger partial charge is 0.465 e. The summed E-state index contributed by atoms with van der Waals surface area (Å²) in [5, 5.41) is 12.3. The van der Waals surface area contributed by atoms with Crippen LogP contribution < -0.4 is 5.32 Å². The number of carbonyl (C=O) groups excluding carboxylic acids is 1. The maximum absolute atomic E-state index is 11.6. The average molecular weight is 402 g/mol. The molecule has 3 heterocycles. The summed E-state index contributed by atoms with van der Waals surface area (Å²) in [6.07, 6.45) is 10.8. The number of aromatic nitrogens is 5. The van der Waals surface area contributed by atoms with E-state index in [1.165, 1.54) is 32.8 Å². The fourth-order valence-corrected chi connectivity index (χ4v) is 3.97. The second kappa shape index (κ2) is 7.62. The number of nitrogens with one attached hydrogen (secondary N) is 1. The normalized spacial score (nSPS) is 14.3. The highest BCUT2D eigenvalue weighted by Gasteiger charge is 2.19. The van der Waals surface area contributed by atoms with Crippen molar-refractivity contribution in [3.05, 3.63) is 60.6 Å². The number of carbonyl (C=O) groups is 1. The molecule has 1 aromatic carbocycles. The zero-order valence-electron chi connectivity index (χ0n) is 16.7. The van der Waals surface area contributed by atoms with Gasteiger partial charge in [0.05, 0.1) is 24.9 Å². The van der Waals surface area contributed by atoms with Crippen molar-refractivity contribution in [1.82, 2.24) is 24.4 Å². The molecule has 0 bridgehead atoms. The molecular weight excluding hydrogens is 380 g/mol. The van der Waals surface area contributed by atoms with Crippen LogP contribution in [0.15, 0.2) is 55.0 Å². The lowest BCUT2D eigenvalue weighted by atomic mass is 10.1. The summed E-state index contributed by atoms with van der Waals surface area (Å²) in [6, 6.07) is 11.5. The highest BCUT2D eigenvalue weighted by molar-refractivity contribution is 5.89. The van der Waals surface area contributed by atoms with Crippen molar-refractivity contribution in [3.8, 4) is 11.1 Å². The van der Waals surface area contributed by atoms with Gasteiger partial charge in [0.2, 0.25) is 5.95 Å². The Morgan fingerprint density at radius 2 is 1.97 bits per heavy atom. The first kappa shape index (κ1) is 18.4. The number of pyridine rings is 1. The van der Waals surface area contributed by atoms with Crippen molar-refractivity contribution in [1.29, 1.82) is 0 Å². The first-order valence-electron chi connectivity index (χ1n) is 10.1. The predicted molar refractivity (Wildman–Crippen MR) is 113 cm³/mol. The Morgan fingerprint density at radius 3 is 2.73 bits per heavy atom. The minimum atomic E-state index is -0.366. The molecule has 8 heteroatoms. The van der Waals surface area contributed by atoms with Gasteiger partial charge in [0, 0.05) is 29.2 Å². The van der Waals surface area contributed by atoms with Crippen LogP contribution in [0.5, 0.6) is 0 Å². The molecule has 4 aromatic rings. The molecule has 1 N–H and O–H groups in total. The minimum absolute atomic E-state index is 0.366. The van der Waals surface area contributed by atoms with Crippen LogP contribution in [0.25, 0.3) is 16.8 Å². The summed E-state index contributed by atoms with van der Waals surface area (Å²) in [7, 11) is 1.37. The van der Waals surface area contributed by atoms with E-state index in [-0.39, 0.29) is 5.97 Å². The van der Waals surface area contributed by atoms with E-state index in [9.17, 15) is 4.79 Å². The Labute approximate surface area is 173 Å². The van der Waals surface area contributed by atoms with Crippen LogP contribution in [-0.2, 0) is 4.74 Å². The molecule has 152 valence electrons. The Morgan fingerprint density at radius 1 is 1.17 bits per heavy atom. The van der Waals surface area contributed by atoms with Crippen LogP contribution in [-0.4, -0.2) is 37.5 Å². The molecule has 5 rings (SSSR count). The Bertz CT molecular complexity index is 1190. The maximum atomic E-state index is 11.6. The third-order valence-electron chi connectivity index (χ3n) is 5.54.